The van der Waals surface area contributed by atoms with Crippen molar-refractivity contribution in [3.05, 3.63) is 35.3 Å². The van der Waals surface area contributed by atoms with E-state index in [0.717, 1.165) is 11.9 Å². The van der Waals surface area contributed by atoms with Gasteiger partial charge in [-0.3, -0.25) is 14.4 Å². The van der Waals surface area contributed by atoms with Gasteiger partial charge < -0.3 is 4.74 Å². The Kier molecular flexibility index (Phi) is 4.70. The molecule has 1 aliphatic heterocycles. The highest BCUT2D eigenvalue weighted by atomic mass is 32.2. The van der Waals surface area contributed by atoms with E-state index < -0.39 is 22.0 Å². The van der Waals surface area contributed by atoms with Gasteiger partial charge in [0, 0.05) is 5.38 Å². The first kappa shape index (κ1) is 17.7. The van der Waals surface area contributed by atoms with Gasteiger partial charge in [-0.15, -0.1) is 11.3 Å². The van der Waals surface area contributed by atoms with Crippen LogP contribution in [0.3, 0.4) is 0 Å². The third-order valence-corrected chi connectivity index (χ3v) is 5.69. The molecule has 7 nitrogen and oxygen atoms in total. The molecule has 0 saturated heterocycles. The first-order chi connectivity index (χ1) is 11.8. The lowest BCUT2D eigenvalue weighted by atomic mass is 10.2. The standard InChI is InChI=1S/C16H19N3O4S2/c1-10(2)11-9-24-16(17-11)18-15(20)14-8-19(25(3,21)22)12-6-4-5-7-13(12)23-14/h4-7,9-10,14H,8H2,1-3H3,(H,17,18,20)/t14-/m0/s1. The highest BCUT2D eigenvalue weighted by Gasteiger charge is 2.35. The van der Waals surface area contributed by atoms with Crippen LogP contribution in [0, 0.1) is 0 Å². The summed E-state index contributed by atoms with van der Waals surface area (Å²) in [5.74, 6) is 0.203. The number of carbonyl (C=O) groups is 1. The molecule has 3 rings (SSSR count). The Labute approximate surface area is 150 Å². The monoisotopic (exact) mass is 381 g/mol. The molecule has 0 saturated carbocycles. The van der Waals surface area contributed by atoms with Gasteiger partial charge in [0.05, 0.1) is 24.2 Å². The Morgan fingerprint density at radius 1 is 1.40 bits per heavy atom. The zero-order valence-electron chi connectivity index (χ0n) is 14.1. The van der Waals surface area contributed by atoms with Crippen molar-refractivity contribution in [2.45, 2.75) is 25.9 Å². The molecule has 2 heterocycles. The van der Waals surface area contributed by atoms with Crippen LogP contribution in [0.25, 0.3) is 0 Å². The molecule has 0 radical (unpaired) electrons. The van der Waals surface area contributed by atoms with E-state index in [9.17, 15) is 13.2 Å². The lowest BCUT2D eigenvalue weighted by Gasteiger charge is -2.33. The molecule has 0 aliphatic carbocycles. The predicted molar refractivity (Wildman–Crippen MR) is 97.9 cm³/mol. The first-order valence-corrected chi connectivity index (χ1v) is 10.5. The maximum absolute atomic E-state index is 12.5. The number of ether oxygens (including phenoxy) is 1. The van der Waals surface area contributed by atoms with Crippen LogP contribution in [0.1, 0.15) is 25.5 Å². The zero-order chi connectivity index (χ0) is 18.2. The number of benzene rings is 1. The third kappa shape index (κ3) is 3.77. The number of hydrogen-bond donors (Lipinski definition) is 1. The highest BCUT2D eigenvalue weighted by molar-refractivity contribution is 7.92. The number of thiazole rings is 1. The maximum atomic E-state index is 12.5. The van der Waals surface area contributed by atoms with Crippen LogP contribution < -0.4 is 14.4 Å². The van der Waals surface area contributed by atoms with Crippen molar-refractivity contribution in [2.24, 2.45) is 0 Å². The van der Waals surface area contributed by atoms with E-state index in [1.807, 2.05) is 19.2 Å². The van der Waals surface area contributed by atoms with E-state index in [1.54, 1.807) is 24.3 Å². The number of fused-ring (bicyclic) bond motifs is 1. The molecule has 1 N–H and O–H groups in total. The number of aromatic nitrogens is 1. The van der Waals surface area contributed by atoms with Crippen molar-refractivity contribution < 1.29 is 17.9 Å². The van der Waals surface area contributed by atoms with Crippen molar-refractivity contribution in [2.75, 3.05) is 22.4 Å². The molecular weight excluding hydrogens is 362 g/mol. The van der Waals surface area contributed by atoms with E-state index in [2.05, 4.69) is 10.3 Å². The second-order valence-electron chi connectivity index (χ2n) is 6.09. The molecule has 0 unspecified atom stereocenters. The fourth-order valence-corrected chi connectivity index (χ4v) is 4.24. The minimum Gasteiger partial charge on any atom is -0.476 e. The summed E-state index contributed by atoms with van der Waals surface area (Å²) in [5, 5.41) is 5.07. The van der Waals surface area contributed by atoms with E-state index in [4.69, 9.17) is 4.74 Å². The summed E-state index contributed by atoms with van der Waals surface area (Å²) < 4.78 is 31.1. The maximum Gasteiger partial charge on any atom is 0.269 e. The quantitative estimate of drug-likeness (QED) is 0.879. The molecule has 0 spiro atoms. The lowest BCUT2D eigenvalue weighted by Crippen LogP contribution is -2.48. The van der Waals surface area contributed by atoms with Crippen molar-refractivity contribution in [1.82, 2.24) is 4.98 Å². The van der Waals surface area contributed by atoms with Gasteiger partial charge in [0.25, 0.3) is 5.91 Å². The molecule has 2 aromatic rings. The number of carbonyl (C=O) groups excluding carboxylic acids is 1. The first-order valence-electron chi connectivity index (χ1n) is 7.75. The average Bonchev–Trinajstić information content (AvgIpc) is 3.01. The highest BCUT2D eigenvalue weighted by Crippen LogP contribution is 2.35. The zero-order valence-corrected chi connectivity index (χ0v) is 15.7. The number of nitrogens with zero attached hydrogens (tertiary/aromatic N) is 2. The van der Waals surface area contributed by atoms with Crippen LogP contribution in [0.4, 0.5) is 10.8 Å². The Bertz CT molecular complexity index is 892. The fourth-order valence-electron chi connectivity index (χ4n) is 2.45. The number of para-hydroxylation sites is 2. The van der Waals surface area contributed by atoms with Crippen molar-refractivity contribution in [3.63, 3.8) is 0 Å². The minimum atomic E-state index is -3.53. The second-order valence-corrected chi connectivity index (χ2v) is 8.85. The van der Waals surface area contributed by atoms with Crippen molar-refractivity contribution in [1.29, 1.82) is 0 Å². The van der Waals surface area contributed by atoms with Crippen LogP contribution in [0.15, 0.2) is 29.6 Å². The van der Waals surface area contributed by atoms with E-state index in [-0.39, 0.29) is 12.5 Å². The van der Waals surface area contributed by atoms with Crippen molar-refractivity contribution >= 4 is 38.1 Å². The summed E-state index contributed by atoms with van der Waals surface area (Å²) >= 11 is 1.33. The topological polar surface area (TPSA) is 88.6 Å². The van der Waals surface area contributed by atoms with Gasteiger partial charge >= 0.3 is 0 Å². The van der Waals surface area contributed by atoms with Crippen LogP contribution in [-0.4, -0.2) is 38.2 Å². The van der Waals surface area contributed by atoms with Gasteiger partial charge in [-0.1, -0.05) is 26.0 Å². The van der Waals surface area contributed by atoms with Gasteiger partial charge in [-0.05, 0) is 18.1 Å². The number of nitrogens with one attached hydrogen (secondary N) is 1. The summed E-state index contributed by atoms with van der Waals surface area (Å²) in [6, 6.07) is 6.76. The molecule has 1 aromatic heterocycles. The lowest BCUT2D eigenvalue weighted by molar-refractivity contribution is -0.122. The number of amides is 1. The van der Waals surface area contributed by atoms with Gasteiger partial charge in [0.1, 0.15) is 5.75 Å². The number of anilines is 2. The van der Waals surface area contributed by atoms with Crippen molar-refractivity contribution in [3.8, 4) is 5.75 Å². The van der Waals surface area contributed by atoms with E-state index in [1.165, 1.54) is 15.6 Å². The van der Waals surface area contributed by atoms with E-state index >= 15 is 0 Å². The van der Waals surface area contributed by atoms with Gasteiger partial charge in [-0.2, -0.15) is 0 Å². The molecule has 1 aromatic carbocycles. The Hall–Kier alpha value is -2.13. The molecular formula is C16H19N3O4S2. The third-order valence-electron chi connectivity index (χ3n) is 3.77. The molecule has 0 fully saturated rings. The normalized spacial score (nSPS) is 17.1. The van der Waals surface area contributed by atoms with Crippen LogP contribution in [-0.2, 0) is 14.8 Å². The largest absolute Gasteiger partial charge is 0.476 e. The molecule has 0 bridgehead atoms. The van der Waals surface area contributed by atoms with Gasteiger partial charge in [-0.25, -0.2) is 13.4 Å². The van der Waals surface area contributed by atoms with Gasteiger partial charge in [0.15, 0.2) is 11.2 Å². The van der Waals surface area contributed by atoms with Crippen LogP contribution >= 0.6 is 11.3 Å². The fraction of sp³-hybridized carbons (Fsp3) is 0.375. The molecule has 25 heavy (non-hydrogen) atoms. The second kappa shape index (κ2) is 6.64. The summed E-state index contributed by atoms with van der Waals surface area (Å²) in [6.07, 6.45) is 0.163. The SMILES string of the molecule is CC(C)c1csc(NC(=O)[C@@H]2CN(S(C)(=O)=O)c3ccccc3O2)n1. The number of hydrogen-bond acceptors (Lipinski definition) is 6. The molecule has 1 aliphatic rings. The molecule has 1 atom stereocenters. The number of rotatable bonds is 4. The minimum absolute atomic E-state index is 0.0793. The average molecular weight is 381 g/mol. The molecule has 134 valence electrons. The van der Waals surface area contributed by atoms with Crippen LogP contribution in [0.5, 0.6) is 5.75 Å². The Morgan fingerprint density at radius 2 is 2.12 bits per heavy atom. The van der Waals surface area contributed by atoms with Crippen LogP contribution in [0.2, 0.25) is 0 Å². The smallest absolute Gasteiger partial charge is 0.269 e. The van der Waals surface area contributed by atoms with Gasteiger partial charge in [0.2, 0.25) is 10.0 Å². The Morgan fingerprint density at radius 3 is 2.76 bits per heavy atom. The number of sulfonamides is 1. The molecule has 9 heteroatoms. The predicted octanol–water partition coefficient (Wildman–Crippen LogP) is 2.43. The summed E-state index contributed by atoms with van der Waals surface area (Å²) in [6.45, 7) is 3.96. The summed E-state index contributed by atoms with van der Waals surface area (Å²) in [7, 11) is -3.53. The summed E-state index contributed by atoms with van der Waals surface area (Å²) in [4.78, 5) is 16.9. The Balaban J connectivity index is 1.82. The van der Waals surface area contributed by atoms with E-state index in [0.29, 0.717) is 16.6 Å². The molecule has 1 amide bonds. The summed E-state index contributed by atoms with van der Waals surface area (Å²) in [5.41, 5.74) is 1.33.